The molecule has 0 spiro atoms. The first-order chi connectivity index (χ1) is 8.91. The normalized spacial score (nSPS) is 10.6. The van der Waals surface area contributed by atoms with Gasteiger partial charge >= 0.3 is 0 Å². The van der Waals surface area contributed by atoms with Gasteiger partial charge in [0.1, 0.15) is 5.82 Å². The molecular weight excluding hydrogens is 354 g/mol. The fourth-order valence-electron chi connectivity index (χ4n) is 1.70. The largest absolute Gasteiger partial charge is 0.288 e. The summed E-state index contributed by atoms with van der Waals surface area (Å²) in [6, 6.07) is 7.43. The van der Waals surface area contributed by atoms with E-state index in [0.717, 1.165) is 0 Å². The van der Waals surface area contributed by atoms with Gasteiger partial charge in [-0.3, -0.25) is 4.79 Å². The molecule has 0 bridgehead atoms. The summed E-state index contributed by atoms with van der Waals surface area (Å²) in [6.07, 6.45) is 0. The zero-order valence-electron chi connectivity index (χ0n) is 9.81. The molecule has 0 aliphatic carbocycles. The van der Waals surface area contributed by atoms with Crippen LogP contribution in [0.1, 0.15) is 21.5 Å². The van der Waals surface area contributed by atoms with E-state index in [9.17, 15) is 9.18 Å². The number of ketones is 1. The Morgan fingerprint density at radius 2 is 1.84 bits per heavy atom. The Hall–Kier alpha value is -0.900. The van der Waals surface area contributed by atoms with E-state index in [0.29, 0.717) is 20.6 Å². The molecule has 19 heavy (non-hydrogen) atoms. The average Bonchev–Trinajstić information content (AvgIpc) is 2.36. The second kappa shape index (κ2) is 5.61. The standard InChI is InChI=1S/C14H8BrCl2FO/c1-7-8(3-2-4-11(7)16)14(19)9-5-12(17)10(15)6-13(9)18/h2-6H,1H3. The summed E-state index contributed by atoms with van der Waals surface area (Å²) in [4.78, 5) is 12.3. The van der Waals surface area contributed by atoms with Crippen LogP contribution in [0.5, 0.6) is 0 Å². The number of carbonyl (C=O) groups is 1. The van der Waals surface area contributed by atoms with Gasteiger partial charge in [-0.05, 0) is 46.6 Å². The Labute approximate surface area is 128 Å². The molecule has 0 atom stereocenters. The van der Waals surface area contributed by atoms with Gasteiger partial charge in [0.15, 0.2) is 5.78 Å². The molecule has 0 unspecified atom stereocenters. The monoisotopic (exact) mass is 360 g/mol. The molecule has 0 aromatic heterocycles. The van der Waals surface area contributed by atoms with Crippen molar-refractivity contribution in [3.05, 3.63) is 67.4 Å². The van der Waals surface area contributed by atoms with Crippen LogP contribution in [0.4, 0.5) is 4.39 Å². The van der Waals surface area contributed by atoms with Crippen LogP contribution in [0.15, 0.2) is 34.8 Å². The zero-order valence-corrected chi connectivity index (χ0v) is 12.9. The van der Waals surface area contributed by atoms with Crippen LogP contribution in [-0.2, 0) is 0 Å². The first-order valence-corrected chi connectivity index (χ1v) is 6.91. The molecule has 0 aliphatic rings. The Bertz CT molecular complexity index is 671. The van der Waals surface area contributed by atoms with Crippen LogP contribution >= 0.6 is 39.1 Å². The molecule has 1 nitrogen and oxygen atoms in total. The average molecular weight is 362 g/mol. The van der Waals surface area contributed by atoms with Crippen molar-refractivity contribution in [2.45, 2.75) is 6.92 Å². The predicted molar refractivity (Wildman–Crippen MR) is 78.7 cm³/mol. The van der Waals surface area contributed by atoms with Gasteiger partial charge in [-0.15, -0.1) is 0 Å². The number of benzene rings is 2. The van der Waals surface area contributed by atoms with E-state index in [1.165, 1.54) is 12.1 Å². The molecule has 2 aromatic carbocycles. The zero-order chi connectivity index (χ0) is 14.2. The highest BCUT2D eigenvalue weighted by Crippen LogP contribution is 2.28. The molecule has 0 radical (unpaired) electrons. The molecule has 5 heteroatoms. The van der Waals surface area contributed by atoms with Gasteiger partial charge in [0.2, 0.25) is 0 Å². The van der Waals surface area contributed by atoms with Crippen LogP contribution in [0, 0.1) is 12.7 Å². The maximum atomic E-state index is 13.9. The Morgan fingerprint density at radius 1 is 1.16 bits per heavy atom. The fourth-order valence-corrected chi connectivity index (χ4v) is 2.35. The van der Waals surface area contributed by atoms with Crippen molar-refractivity contribution in [2.24, 2.45) is 0 Å². The minimum Gasteiger partial charge on any atom is -0.288 e. The van der Waals surface area contributed by atoms with E-state index in [1.54, 1.807) is 25.1 Å². The van der Waals surface area contributed by atoms with Gasteiger partial charge in [0.25, 0.3) is 0 Å². The van der Waals surface area contributed by atoms with Crippen molar-refractivity contribution in [1.82, 2.24) is 0 Å². The summed E-state index contributed by atoms with van der Waals surface area (Å²) < 4.78 is 14.3. The van der Waals surface area contributed by atoms with Crippen molar-refractivity contribution in [3.8, 4) is 0 Å². The van der Waals surface area contributed by atoms with Crippen molar-refractivity contribution in [3.63, 3.8) is 0 Å². The van der Waals surface area contributed by atoms with E-state index in [-0.39, 0.29) is 10.6 Å². The molecule has 0 fully saturated rings. The Kier molecular flexibility index (Phi) is 4.29. The smallest absolute Gasteiger partial charge is 0.196 e. The molecule has 0 amide bonds. The van der Waals surface area contributed by atoms with Gasteiger partial charge in [0.05, 0.1) is 10.6 Å². The lowest BCUT2D eigenvalue weighted by Crippen LogP contribution is -2.06. The first kappa shape index (κ1) is 14.5. The number of halogens is 4. The van der Waals surface area contributed by atoms with E-state index in [1.807, 2.05) is 0 Å². The van der Waals surface area contributed by atoms with Crippen LogP contribution in [0.25, 0.3) is 0 Å². The summed E-state index contributed by atoms with van der Waals surface area (Å²) in [6.45, 7) is 1.72. The van der Waals surface area contributed by atoms with Gasteiger partial charge < -0.3 is 0 Å². The highest BCUT2D eigenvalue weighted by Gasteiger charge is 2.18. The quantitative estimate of drug-likeness (QED) is 0.514. The topological polar surface area (TPSA) is 17.1 Å². The summed E-state index contributed by atoms with van der Waals surface area (Å²) >= 11 is 15.0. The third-order valence-corrected chi connectivity index (χ3v) is 4.37. The van der Waals surface area contributed by atoms with Gasteiger partial charge in [-0.2, -0.15) is 0 Å². The Morgan fingerprint density at radius 3 is 2.53 bits per heavy atom. The maximum absolute atomic E-state index is 13.9. The molecule has 2 aromatic rings. The van der Waals surface area contributed by atoms with Crippen molar-refractivity contribution >= 4 is 44.9 Å². The van der Waals surface area contributed by atoms with Crippen LogP contribution in [0.2, 0.25) is 10.0 Å². The second-order valence-electron chi connectivity index (χ2n) is 3.99. The van der Waals surface area contributed by atoms with Gasteiger partial charge in [-0.1, -0.05) is 35.3 Å². The maximum Gasteiger partial charge on any atom is 0.196 e. The fraction of sp³-hybridized carbons (Fsp3) is 0.0714. The summed E-state index contributed by atoms with van der Waals surface area (Å²) in [5.74, 6) is -1.06. The van der Waals surface area contributed by atoms with Crippen LogP contribution < -0.4 is 0 Å². The third kappa shape index (κ3) is 2.83. The van der Waals surface area contributed by atoms with Crippen molar-refractivity contribution in [2.75, 3.05) is 0 Å². The van der Waals surface area contributed by atoms with Gasteiger partial charge in [0, 0.05) is 15.1 Å². The van der Waals surface area contributed by atoms with E-state index >= 15 is 0 Å². The molecule has 2 rings (SSSR count). The SMILES string of the molecule is Cc1c(Cl)cccc1C(=O)c1cc(Cl)c(Br)cc1F. The van der Waals surface area contributed by atoms with Crippen molar-refractivity contribution < 1.29 is 9.18 Å². The molecule has 0 saturated heterocycles. The molecule has 0 N–H and O–H groups in total. The molecule has 0 saturated carbocycles. The first-order valence-electron chi connectivity index (χ1n) is 5.36. The van der Waals surface area contributed by atoms with E-state index in [2.05, 4.69) is 15.9 Å². The highest BCUT2D eigenvalue weighted by atomic mass is 79.9. The summed E-state index contributed by atoms with van der Waals surface area (Å²) in [5, 5.41) is 0.749. The lowest BCUT2D eigenvalue weighted by Gasteiger charge is -2.08. The lowest BCUT2D eigenvalue weighted by molar-refractivity contribution is 0.103. The van der Waals surface area contributed by atoms with Gasteiger partial charge in [-0.25, -0.2) is 4.39 Å². The predicted octanol–water partition coefficient (Wildman–Crippen LogP) is 5.43. The number of carbonyl (C=O) groups excluding carboxylic acids is 1. The van der Waals surface area contributed by atoms with Crippen molar-refractivity contribution in [1.29, 1.82) is 0 Å². The molecule has 0 aliphatic heterocycles. The number of hydrogen-bond acceptors (Lipinski definition) is 1. The summed E-state index contributed by atoms with van der Waals surface area (Å²) in [7, 11) is 0. The lowest BCUT2D eigenvalue weighted by atomic mass is 9.99. The number of hydrogen-bond donors (Lipinski definition) is 0. The van der Waals surface area contributed by atoms with E-state index < -0.39 is 11.6 Å². The minimum absolute atomic E-state index is 0.0708. The number of rotatable bonds is 2. The Balaban J connectivity index is 2.56. The van der Waals surface area contributed by atoms with E-state index in [4.69, 9.17) is 23.2 Å². The second-order valence-corrected chi connectivity index (χ2v) is 5.66. The third-order valence-electron chi connectivity index (χ3n) is 2.77. The molecule has 0 heterocycles. The summed E-state index contributed by atoms with van der Waals surface area (Å²) in [5.41, 5.74) is 0.913. The molecule has 98 valence electrons. The highest BCUT2D eigenvalue weighted by molar-refractivity contribution is 9.10. The van der Waals surface area contributed by atoms with Crippen LogP contribution in [0.3, 0.4) is 0 Å². The molecular formula is C14H8BrCl2FO. The van der Waals surface area contributed by atoms with Crippen LogP contribution in [-0.4, -0.2) is 5.78 Å². The minimum atomic E-state index is -0.624.